The molecule has 0 unspecified atom stereocenters. The first-order chi connectivity index (χ1) is 15.2. The van der Waals surface area contributed by atoms with E-state index in [2.05, 4.69) is 23.1 Å². The Balaban J connectivity index is 1.30. The molecule has 0 spiro atoms. The van der Waals surface area contributed by atoms with Gasteiger partial charge >= 0.3 is 0 Å². The van der Waals surface area contributed by atoms with E-state index >= 15 is 0 Å². The Morgan fingerprint density at radius 3 is 2.94 bits per heavy atom. The van der Waals surface area contributed by atoms with Gasteiger partial charge in [-0.3, -0.25) is 9.69 Å². The van der Waals surface area contributed by atoms with Crippen LogP contribution in [0.4, 0.5) is 0 Å². The summed E-state index contributed by atoms with van der Waals surface area (Å²) < 4.78 is 16.4. The Labute approximate surface area is 183 Å². The van der Waals surface area contributed by atoms with E-state index in [0.717, 1.165) is 30.9 Å². The third-order valence-corrected chi connectivity index (χ3v) is 8.20. The van der Waals surface area contributed by atoms with Crippen molar-refractivity contribution in [2.24, 2.45) is 5.92 Å². The van der Waals surface area contributed by atoms with E-state index in [1.807, 2.05) is 18.2 Å². The van der Waals surface area contributed by atoms with Gasteiger partial charge < -0.3 is 14.2 Å². The van der Waals surface area contributed by atoms with Crippen molar-refractivity contribution in [1.29, 1.82) is 0 Å². The second kappa shape index (κ2) is 7.27. The maximum absolute atomic E-state index is 13.2. The van der Waals surface area contributed by atoms with E-state index in [-0.39, 0.29) is 18.0 Å². The van der Waals surface area contributed by atoms with Crippen LogP contribution in [0.25, 0.3) is 0 Å². The summed E-state index contributed by atoms with van der Waals surface area (Å²) in [6, 6.07) is 12.6. The fraction of sp³-hybridized carbons (Fsp3) is 0.500. The number of ketones is 1. The highest BCUT2D eigenvalue weighted by Gasteiger charge is 2.54. The van der Waals surface area contributed by atoms with Crippen LogP contribution in [0.5, 0.6) is 17.2 Å². The quantitative estimate of drug-likeness (QED) is 0.689. The summed E-state index contributed by atoms with van der Waals surface area (Å²) in [4.78, 5) is 15.7. The number of hydrogen-bond acceptors (Lipinski definition) is 5. The van der Waals surface area contributed by atoms with Crippen LogP contribution in [-0.4, -0.2) is 43.7 Å². The summed E-state index contributed by atoms with van der Waals surface area (Å²) in [5, 5.41) is 0. The fourth-order valence-corrected chi connectivity index (χ4v) is 6.73. The largest absolute Gasteiger partial charge is 0.497 e. The van der Waals surface area contributed by atoms with E-state index in [1.54, 1.807) is 7.11 Å². The Morgan fingerprint density at radius 1 is 1.13 bits per heavy atom. The number of nitrogens with zero attached hydrogens (tertiary/aromatic N) is 1. The average Bonchev–Trinajstić information content (AvgIpc) is 3.28. The summed E-state index contributed by atoms with van der Waals surface area (Å²) >= 11 is 0. The predicted molar refractivity (Wildman–Crippen MR) is 117 cm³/mol. The van der Waals surface area contributed by atoms with Gasteiger partial charge in [-0.2, -0.15) is 0 Å². The molecule has 31 heavy (non-hydrogen) atoms. The molecule has 4 aliphatic rings. The van der Waals surface area contributed by atoms with Crippen LogP contribution in [0.3, 0.4) is 0 Å². The fourth-order valence-electron chi connectivity index (χ4n) is 6.73. The minimum Gasteiger partial charge on any atom is -0.497 e. The number of likely N-dealkylation sites (tertiary alicyclic amines) is 1. The number of rotatable bonds is 4. The highest BCUT2D eigenvalue weighted by molar-refractivity contribution is 5.98. The molecule has 162 valence electrons. The Morgan fingerprint density at radius 2 is 2.03 bits per heavy atom. The maximum Gasteiger partial charge on any atom is 0.231 e. The lowest BCUT2D eigenvalue weighted by Crippen LogP contribution is -2.61. The molecule has 0 radical (unpaired) electrons. The van der Waals surface area contributed by atoms with Crippen LogP contribution in [0.1, 0.15) is 53.6 Å². The van der Waals surface area contributed by atoms with Crippen LogP contribution in [0.2, 0.25) is 0 Å². The van der Waals surface area contributed by atoms with E-state index in [4.69, 9.17) is 14.2 Å². The van der Waals surface area contributed by atoms with Crippen LogP contribution in [0.15, 0.2) is 36.4 Å². The molecule has 0 aromatic heterocycles. The van der Waals surface area contributed by atoms with Crippen LogP contribution in [0, 0.1) is 5.92 Å². The maximum atomic E-state index is 13.2. The number of Topliss-reactive ketones (excluding diaryl/α,β-unsaturated/α-hetero) is 1. The smallest absolute Gasteiger partial charge is 0.231 e. The predicted octanol–water partition coefficient (Wildman–Crippen LogP) is 4.37. The van der Waals surface area contributed by atoms with Crippen molar-refractivity contribution >= 4 is 5.78 Å². The molecule has 1 saturated heterocycles. The third-order valence-electron chi connectivity index (χ3n) is 8.20. The molecule has 6 rings (SSSR count). The second-order valence-corrected chi connectivity index (χ2v) is 9.51. The number of carbonyl (C=O) groups is 1. The summed E-state index contributed by atoms with van der Waals surface area (Å²) in [6.07, 6.45) is 7.28. The molecule has 5 nitrogen and oxygen atoms in total. The average molecular weight is 420 g/mol. The zero-order valence-corrected chi connectivity index (χ0v) is 18.1. The number of benzene rings is 2. The normalized spacial score (nSPS) is 28.5. The zero-order chi connectivity index (χ0) is 21.0. The first kappa shape index (κ1) is 19.2. The van der Waals surface area contributed by atoms with Crippen molar-refractivity contribution in [3.8, 4) is 17.2 Å². The molecular weight excluding hydrogens is 390 g/mol. The lowest BCUT2D eigenvalue weighted by atomic mass is 9.52. The third kappa shape index (κ3) is 2.97. The number of ether oxygens (including phenoxy) is 3. The van der Waals surface area contributed by atoms with Crippen molar-refractivity contribution in [3.63, 3.8) is 0 Å². The van der Waals surface area contributed by atoms with Crippen LogP contribution in [-0.2, 0) is 11.8 Å². The first-order valence-corrected chi connectivity index (χ1v) is 11.5. The van der Waals surface area contributed by atoms with Gasteiger partial charge in [-0.05, 0) is 79.6 Å². The van der Waals surface area contributed by atoms with Crippen molar-refractivity contribution < 1.29 is 19.0 Å². The minimum atomic E-state index is 0.169. The Bertz CT molecular complexity index is 1030. The minimum absolute atomic E-state index is 0.169. The molecule has 1 saturated carbocycles. The molecule has 2 fully saturated rings. The Kier molecular flexibility index (Phi) is 4.49. The van der Waals surface area contributed by atoms with Gasteiger partial charge in [0, 0.05) is 17.0 Å². The Hall–Kier alpha value is -2.53. The molecule has 5 heteroatoms. The molecule has 2 aliphatic carbocycles. The zero-order valence-electron chi connectivity index (χ0n) is 18.1. The topological polar surface area (TPSA) is 48.0 Å². The number of methoxy groups -OCH3 is 1. The number of fused-ring (bicyclic) bond motifs is 2. The van der Waals surface area contributed by atoms with E-state index in [9.17, 15) is 4.79 Å². The van der Waals surface area contributed by atoms with Gasteiger partial charge in [0.2, 0.25) is 6.79 Å². The lowest BCUT2D eigenvalue weighted by Gasteiger charge is -2.59. The molecule has 3 atom stereocenters. The van der Waals surface area contributed by atoms with E-state index in [0.29, 0.717) is 29.8 Å². The van der Waals surface area contributed by atoms with Gasteiger partial charge in [0.1, 0.15) is 5.75 Å². The van der Waals surface area contributed by atoms with Gasteiger partial charge in [-0.15, -0.1) is 0 Å². The summed E-state index contributed by atoms with van der Waals surface area (Å²) in [6.45, 7) is 1.69. The molecule has 0 amide bonds. The van der Waals surface area contributed by atoms with Gasteiger partial charge in [-0.1, -0.05) is 18.9 Å². The highest BCUT2D eigenvalue weighted by Crippen LogP contribution is 2.56. The summed E-state index contributed by atoms with van der Waals surface area (Å²) in [5.41, 5.74) is 3.94. The molecule has 2 heterocycles. The van der Waals surface area contributed by atoms with E-state index in [1.165, 1.54) is 36.8 Å². The van der Waals surface area contributed by atoms with Gasteiger partial charge in [-0.25, -0.2) is 0 Å². The van der Waals surface area contributed by atoms with Gasteiger partial charge in [0.25, 0.3) is 0 Å². The monoisotopic (exact) mass is 419 g/mol. The van der Waals surface area contributed by atoms with Gasteiger partial charge in [0.05, 0.1) is 13.7 Å². The number of carbonyl (C=O) groups excluding carboxylic acids is 1. The first-order valence-electron chi connectivity index (χ1n) is 11.5. The molecular formula is C26H29NO4. The SMILES string of the molecule is COc1ccc2c(c1)[C@]13CCCC[C@H]1[C@@H](C2)N(CC(=O)c1ccc2c(c1)OCO2)CC3. The molecule has 2 bridgehead atoms. The number of piperidine rings is 1. The molecule has 0 N–H and O–H groups in total. The lowest BCUT2D eigenvalue weighted by molar-refractivity contribution is -0.00848. The van der Waals surface area contributed by atoms with Crippen molar-refractivity contribution in [2.75, 3.05) is 27.0 Å². The van der Waals surface area contributed by atoms with Crippen molar-refractivity contribution in [2.45, 2.75) is 50.0 Å². The molecule has 2 aliphatic heterocycles. The van der Waals surface area contributed by atoms with Gasteiger partial charge in [0.15, 0.2) is 17.3 Å². The second-order valence-electron chi connectivity index (χ2n) is 9.51. The molecule has 2 aromatic rings. The standard InChI is InChI=1S/C26H29NO4/c1-29-19-7-5-17-12-22-20-4-2-3-9-26(20,21(17)14-19)10-11-27(22)15-23(28)18-6-8-24-25(13-18)31-16-30-24/h5-8,13-14,20,22H,2-4,9-12,15-16H2,1H3/t20-,22+,26-/m0/s1. The summed E-state index contributed by atoms with van der Waals surface area (Å²) in [5.74, 6) is 3.16. The van der Waals surface area contributed by atoms with Crippen LogP contribution >= 0.6 is 0 Å². The van der Waals surface area contributed by atoms with E-state index < -0.39 is 0 Å². The van der Waals surface area contributed by atoms with Crippen LogP contribution < -0.4 is 14.2 Å². The molecule has 2 aromatic carbocycles. The summed E-state index contributed by atoms with van der Waals surface area (Å²) in [7, 11) is 1.76. The number of hydrogen-bond donors (Lipinski definition) is 0. The highest BCUT2D eigenvalue weighted by atomic mass is 16.7. The van der Waals surface area contributed by atoms with Crippen molar-refractivity contribution in [1.82, 2.24) is 4.90 Å². The van der Waals surface area contributed by atoms with Crippen molar-refractivity contribution in [3.05, 3.63) is 53.1 Å².